The lowest BCUT2D eigenvalue weighted by molar-refractivity contribution is -0.138. The van der Waals surface area contributed by atoms with Crippen molar-refractivity contribution >= 4 is 11.9 Å². The van der Waals surface area contributed by atoms with Crippen molar-refractivity contribution in [2.24, 2.45) is 5.92 Å². The van der Waals surface area contributed by atoms with Gasteiger partial charge in [0.15, 0.2) is 0 Å². The summed E-state index contributed by atoms with van der Waals surface area (Å²) in [4.78, 5) is 21.0. The SMILES string of the molecule is C=CCC(CCCCCCCCCCCCCC(=O)O)CCC(=O)O. The van der Waals surface area contributed by atoms with Gasteiger partial charge in [0, 0.05) is 12.8 Å². The predicted octanol–water partition coefficient (Wildman–Crippen LogP) is 6.20. The van der Waals surface area contributed by atoms with Crippen LogP contribution in [-0.2, 0) is 9.59 Å². The third-order valence-electron chi connectivity index (χ3n) is 4.77. The van der Waals surface area contributed by atoms with Crippen LogP contribution < -0.4 is 0 Å². The van der Waals surface area contributed by atoms with Gasteiger partial charge in [-0.3, -0.25) is 9.59 Å². The Morgan fingerprint density at radius 3 is 1.56 bits per heavy atom. The fourth-order valence-corrected chi connectivity index (χ4v) is 3.24. The highest BCUT2D eigenvalue weighted by Gasteiger charge is 2.09. The lowest BCUT2D eigenvalue weighted by atomic mass is 9.93. The van der Waals surface area contributed by atoms with Gasteiger partial charge in [0.05, 0.1) is 0 Å². The summed E-state index contributed by atoms with van der Waals surface area (Å²) in [5.41, 5.74) is 0. The molecule has 0 rings (SSSR count). The summed E-state index contributed by atoms with van der Waals surface area (Å²) in [5, 5.41) is 17.3. The highest BCUT2D eigenvalue weighted by atomic mass is 16.4. The maximum absolute atomic E-state index is 10.7. The number of hydrogen-bond acceptors (Lipinski definition) is 2. The van der Waals surface area contributed by atoms with Crippen LogP contribution in [0, 0.1) is 5.92 Å². The molecule has 2 N–H and O–H groups in total. The van der Waals surface area contributed by atoms with E-state index in [2.05, 4.69) is 6.58 Å². The van der Waals surface area contributed by atoms with Crippen LogP contribution in [0.2, 0.25) is 0 Å². The molecule has 0 aliphatic heterocycles. The van der Waals surface area contributed by atoms with Gasteiger partial charge in [0.1, 0.15) is 0 Å². The summed E-state index contributed by atoms with van der Waals surface area (Å²) in [6.07, 6.45) is 18.4. The Labute approximate surface area is 153 Å². The summed E-state index contributed by atoms with van der Waals surface area (Å²) >= 11 is 0. The fourth-order valence-electron chi connectivity index (χ4n) is 3.24. The zero-order chi connectivity index (χ0) is 18.8. The molecule has 1 atom stereocenters. The molecule has 0 amide bonds. The van der Waals surface area contributed by atoms with Gasteiger partial charge in [0.2, 0.25) is 0 Å². The monoisotopic (exact) mass is 354 g/mol. The topological polar surface area (TPSA) is 74.6 Å². The van der Waals surface area contributed by atoms with E-state index in [-0.39, 0.29) is 6.42 Å². The number of carboxylic acid groups (broad SMARTS) is 2. The first kappa shape index (κ1) is 23.7. The van der Waals surface area contributed by atoms with Crippen LogP contribution in [0.5, 0.6) is 0 Å². The Morgan fingerprint density at radius 2 is 1.12 bits per heavy atom. The average Bonchev–Trinajstić information content (AvgIpc) is 2.56. The Balaban J connectivity index is 3.34. The van der Waals surface area contributed by atoms with Crippen LogP contribution in [0.25, 0.3) is 0 Å². The van der Waals surface area contributed by atoms with Crippen molar-refractivity contribution in [1.82, 2.24) is 0 Å². The Morgan fingerprint density at radius 1 is 0.680 bits per heavy atom. The summed E-state index contributed by atoms with van der Waals surface area (Å²) in [6.45, 7) is 3.77. The van der Waals surface area contributed by atoms with Crippen LogP contribution in [-0.4, -0.2) is 22.2 Å². The zero-order valence-corrected chi connectivity index (χ0v) is 15.9. The molecule has 0 aliphatic carbocycles. The number of carbonyl (C=O) groups is 2. The standard InChI is InChI=1S/C21H38O4/c1-2-14-19(17-18-21(24)25)15-12-10-8-6-4-3-5-7-9-11-13-16-20(22)23/h2,19H,1,3-18H2,(H,22,23)(H,24,25). The normalized spacial score (nSPS) is 12.0. The van der Waals surface area contributed by atoms with E-state index < -0.39 is 11.9 Å². The molecule has 0 saturated carbocycles. The minimum atomic E-state index is -0.698. The number of carboxylic acids is 2. The molecule has 0 spiro atoms. The van der Waals surface area contributed by atoms with Gasteiger partial charge in [-0.1, -0.05) is 76.7 Å². The van der Waals surface area contributed by atoms with Crippen molar-refractivity contribution in [3.8, 4) is 0 Å². The fraction of sp³-hybridized carbons (Fsp3) is 0.810. The molecule has 0 aromatic rings. The molecule has 0 aromatic heterocycles. The molecule has 0 fully saturated rings. The third kappa shape index (κ3) is 18.9. The van der Waals surface area contributed by atoms with E-state index in [0.717, 1.165) is 38.5 Å². The van der Waals surface area contributed by atoms with Gasteiger partial charge in [0.25, 0.3) is 0 Å². The van der Waals surface area contributed by atoms with Crippen molar-refractivity contribution in [2.75, 3.05) is 0 Å². The molecule has 0 bridgehead atoms. The van der Waals surface area contributed by atoms with Gasteiger partial charge in [-0.15, -0.1) is 6.58 Å². The van der Waals surface area contributed by atoms with Crippen LogP contribution in [0.15, 0.2) is 12.7 Å². The highest BCUT2D eigenvalue weighted by Crippen LogP contribution is 2.20. The molecule has 4 heteroatoms. The van der Waals surface area contributed by atoms with Crippen molar-refractivity contribution in [3.63, 3.8) is 0 Å². The maximum Gasteiger partial charge on any atom is 0.303 e. The summed E-state index contributed by atoms with van der Waals surface area (Å²) in [6, 6.07) is 0. The van der Waals surface area contributed by atoms with E-state index >= 15 is 0 Å². The predicted molar refractivity (Wildman–Crippen MR) is 103 cm³/mol. The van der Waals surface area contributed by atoms with Crippen LogP contribution in [0.4, 0.5) is 0 Å². The van der Waals surface area contributed by atoms with Gasteiger partial charge in [-0.25, -0.2) is 0 Å². The van der Waals surface area contributed by atoms with Crippen molar-refractivity contribution in [2.45, 2.75) is 103 Å². The second-order valence-electron chi connectivity index (χ2n) is 7.14. The van der Waals surface area contributed by atoms with Gasteiger partial charge < -0.3 is 10.2 Å². The Hall–Kier alpha value is -1.32. The molecule has 0 heterocycles. The minimum absolute atomic E-state index is 0.273. The largest absolute Gasteiger partial charge is 0.481 e. The molecule has 1 unspecified atom stereocenters. The van der Waals surface area contributed by atoms with Crippen LogP contribution >= 0.6 is 0 Å². The third-order valence-corrected chi connectivity index (χ3v) is 4.77. The highest BCUT2D eigenvalue weighted by molar-refractivity contribution is 5.66. The van der Waals surface area contributed by atoms with Crippen LogP contribution in [0.1, 0.15) is 103 Å². The van der Waals surface area contributed by atoms with Gasteiger partial charge in [-0.05, 0) is 25.2 Å². The minimum Gasteiger partial charge on any atom is -0.481 e. The molecule has 25 heavy (non-hydrogen) atoms. The van der Waals surface area contributed by atoms with Crippen LogP contribution in [0.3, 0.4) is 0 Å². The number of rotatable bonds is 19. The molecular formula is C21H38O4. The second kappa shape index (κ2) is 17.5. The van der Waals surface area contributed by atoms with Crippen molar-refractivity contribution in [1.29, 1.82) is 0 Å². The molecule has 0 aliphatic rings. The summed E-state index contributed by atoms with van der Waals surface area (Å²) in [7, 11) is 0. The molecule has 146 valence electrons. The number of unbranched alkanes of at least 4 members (excludes halogenated alkanes) is 10. The molecule has 0 aromatic carbocycles. The summed E-state index contributed by atoms with van der Waals surface area (Å²) in [5.74, 6) is -0.900. The number of aliphatic carboxylic acids is 2. The first-order chi connectivity index (χ1) is 12.1. The van der Waals surface area contributed by atoms with E-state index in [0.29, 0.717) is 12.3 Å². The molecule has 0 radical (unpaired) electrons. The van der Waals surface area contributed by atoms with E-state index in [1.807, 2.05) is 6.08 Å². The number of allylic oxidation sites excluding steroid dienone is 1. The quantitative estimate of drug-likeness (QED) is 0.214. The molecule has 0 saturated heterocycles. The molecule has 4 nitrogen and oxygen atoms in total. The van der Waals surface area contributed by atoms with E-state index in [9.17, 15) is 9.59 Å². The van der Waals surface area contributed by atoms with Crippen molar-refractivity contribution < 1.29 is 19.8 Å². The van der Waals surface area contributed by atoms with Gasteiger partial charge in [-0.2, -0.15) is 0 Å². The number of hydrogen-bond donors (Lipinski definition) is 2. The summed E-state index contributed by atoms with van der Waals surface area (Å²) < 4.78 is 0. The lowest BCUT2D eigenvalue weighted by Crippen LogP contribution is -2.04. The van der Waals surface area contributed by atoms with E-state index in [1.54, 1.807) is 0 Å². The smallest absolute Gasteiger partial charge is 0.303 e. The Bertz CT molecular complexity index is 352. The van der Waals surface area contributed by atoms with Crippen molar-refractivity contribution in [3.05, 3.63) is 12.7 Å². The lowest BCUT2D eigenvalue weighted by Gasteiger charge is -2.13. The molecular weight excluding hydrogens is 316 g/mol. The first-order valence-corrected chi connectivity index (χ1v) is 10.1. The van der Waals surface area contributed by atoms with E-state index in [1.165, 1.54) is 51.4 Å². The maximum atomic E-state index is 10.7. The van der Waals surface area contributed by atoms with Gasteiger partial charge >= 0.3 is 11.9 Å². The zero-order valence-electron chi connectivity index (χ0n) is 15.9. The van der Waals surface area contributed by atoms with E-state index in [4.69, 9.17) is 10.2 Å². The average molecular weight is 355 g/mol. The second-order valence-corrected chi connectivity index (χ2v) is 7.14. The first-order valence-electron chi connectivity index (χ1n) is 10.1. The Kier molecular flexibility index (Phi) is 16.6.